The topological polar surface area (TPSA) is 145 Å². The average Bonchev–Trinajstić information content (AvgIpc) is 3.05. The van der Waals surface area contributed by atoms with Gasteiger partial charge in [-0.3, -0.25) is 14.9 Å². The first-order valence-electron chi connectivity index (χ1n) is 9.92. The monoisotopic (exact) mass is 492 g/mol. The fourth-order valence-electron chi connectivity index (χ4n) is 2.82. The van der Waals surface area contributed by atoms with Crippen LogP contribution in [0.5, 0.6) is 11.5 Å². The van der Waals surface area contributed by atoms with Crippen LogP contribution in [0.15, 0.2) is 46.4 Å². The number of nitrogens with one attached hydrogen (secondary N) is 2. The molecule has 2 aliphatic rings. The third kappa shape index (κ3) is 5.55. The van der Waals surface area contributed by atoms with Crippen molar-refractivity contribution in [2.45, 2.75) is 0 Å². The number of rotatable bonds is 7. The van der Waals surface area contributed by atoms with E-state index in [0.29, 0.717) is 24.6 Å². The molecule has 0 radical (unpaired) electrons. The van der Waals surface area contributed by atoms with E-state index in [0.717, 1.165) is 17.6 Å². The summed E-state index contributed by atoms with van der Waals surface area (Å²) in [6, 6.07) is 4.44. The minimum atomic E-state index is -3.34. The number of nitrogens with zero attached hydrogens (tertiary/aromatic N) is 2. The van der Waals surface area contributed by atoms with Gasteiger partial charge in [0, 0.05) is 30.8 Å². The average molecular weight is 493 g/mol. The summed E-state index contributed by atoms with van der Waals surface area (Å²) in [5.41, 5.74) is -0.0120. The number of aliphatic imine (C=N–C) groups is 1. The van der Waals surface area contributed by atoms with Crippen molar-refractivity contribution in [3.05, 3.63) is 47.0 Å². The highest BCUT2D eigenvalue weighted by Gasteiger charge is 2.41. The van der Waals surface area contributed by atoms with Crippen LogP contribution in [-0.4, -0.2) is 75.2 Å². The summed E-state index contributed by atoms with van der Waals surface area (Å²) in [7, 11) is 3.23. The van der Waals surface area contributed by atoms with Crippen molar-refractivity contribution < 1.29 is 37.0 Å². The van der Waals surface area contributed by atoms with Crippen LogP contribution in [-0.2, 0) is 22.7 Å². The number of benzene rings is 1. The fourth-order valence-corrected chi connectivity index (χ4v) is 4.73. The number of amides is 2. The van der Waals surface area contributed by atoms with Crippen molar-refractivity contribution in [1.29, 1.82) is 0 Å². The minimum absolute atomic E-state index is 0.156. The maximum Gasteiger partial charge on any atom is 0.354 e. The number of methoxy groups -OCH3 is 2. The lowest BCUT2D eigenvalue weighted by Crippen LogP contribution is -2.35. The second-order valence-corrected chi connectivity index (χ2v) is 9.23. The normalized spacial score (nSPS) is 17.2. The first kappa shape index (κ1) is 24.8. The lowest BCUT2D eigenvalue weighted by molar-refractivity contribution is -0.129. The molecule has 2 heterocycles. The molecule has 1 spiro atoms. The van der Waals surface area contributed by atoms with Crippen molar-refractivity contribution >= 4 is 39.5 Å². The molecule has 2 N–H and O–H groups in total. The lowest BCUT2D eigenvalue weighted by atomic mass is 10.2. The van der Waals surface area contributed by atoms with Crippen LogP contribution in [0, 0.1) is 0 Å². The number of carbonyl (C=O) groups is 4. The van der Waals surface area contributed by atoms with Crippen LogP contribution in [0.4, 0.5) is 0 Å². The number of hydrogen-bond donors (Lipinski definition) is 2. The number of likely N-dealkylation sites (N-methyl/N-ethyl adjacent to an activating group) is 1. The molecular formula is C21H24N4O8S. The Morgan fingerprint density at radius 3 is 2.26 bits per heavy atom. The molecule has 1 aromatic rings. The Labute approximate surface area is 197 Å². The van der Waals surface area contributed by atoms with Crippen LogP contribution in [0.25, 0.3) is 0 Å². The zero-order valence-electron chi connectivity index (χ0n) is 18.9. The lowest BCUT2D eigenvalue weighted by Gasteiger charge is -2.34. The van der Waals surface area contributed by atoms with Crippen LogP contribution in [0.2, 0.25) is 0 Å². The molecule has 0 unspecified atom stereocenters. The smallest absolute Gasteiger partial charge is 0.354 e. The van der Waals surface area contributed by atoms with Crippen LogP contribution < -0.4 is 20.1 Å². The third-order valence-electron chi connectivity index (χ3n) is 4.47. The molecule has 0 saturated carbocycles. The van der Waals surface area contributed by atoms with Gasteiger partial charge in [-0.25, -0.2) is 14.6 Å². The minimum Gasteiger partial charge on any atom is -0.493 e. The molecule has 0 saturated heterocycles. The predicted octanol–water partition coefficient (Wildman–Crippen LogP) is 0.613. The summed E-state index contributed by atoms with van der Waals surface area (Å²) < 4.78 is 21.1. The maximum absolute atomic E-state index is 13.0. The predicted molar refractivity (Wildman–Crippen MR) is 123 cm³/mol. The molecule has 13 heteroatoms. The highest BCUT2D eigenvalue weighted by Crippen LogP contribution is 2.58. The first-order valence-corrected chi connectivity index (χ1v) is 11.5. The molecule has 0 aromatic heterocycles. The molecule has 1 aromatic carbocycles. The van der Waals surface area contributed by atoms with Crippen LogP contribution >= 0.6 is 10.6 Å². The van der Waals surface area contributed by atoms with Crippen molar-refractivity contribution in [3.63, 3.8) is 0 Å². The molecular weight excluding hydrogens is 468 g/mol. The Morgan fingerprint density at radius 1 is 1.03 bits per heavy atom. The van der Waals surface area contributed by atoms with E-state index in [1.807, 2.05) is 19.0 Å². The van der Waals surface area contributed by atoms with Crippen molar-refractivity contribution in [2.75, 3.05) is 41.4 Å². The summed E-state index contributed by atoms with van der Waals surface area (Å²) in [6.07, 6.45) is 1.78. The zero-order chi connectivity index (χ0) is 24.9. The summed E-state index contributed by atoms with van der Waals surface area (Å²) >= 11 is 0. The molecule has 0 aliphatic carbocycles. The highest BCUT2D eigenvalue weighted by molar-refractivity contribution is 8.41. The van der Waals surface area contributed by atoms with Crippen molar-refractivity contribution in [1.82, 2.24) is 15.5 Å². The first-order chi connectivity index (χ1) is 16.2. The molecule has 34 heavy (non-hydrogen) atoms. The SMILES string of the molecule is COc1ccc(C(=O)NC2=NC(C(=O)NCCN(C)C)=CS23OC(=O)C=CC(=O)O3)cc1OC. The largest absolute Gasteiger partial charge is 0.493 e. The van der Waals surface area contributed by atoms with Gasteiger partial charge < -0.3 is 28.1 Å². The molecule has 0 atom stereocenters. The summed E-state index contributed by atoms with van der Waals surface area (Å²) in [5.74, 6) is -2.32. The Balaban J connectivity index is 1.90. The zero-order valence-corrected chi connectivity index (χ0v) is 19.8. The van der Waals surface area contributed by atoms with Gasteiger partial charge in [-0.1, -0.05) is 0 Å². The van der Waals surface area contributed by atoms with Gasteiger partial charge in [-0.05, 0) is 42.9 Å². The molecule has 182 valence electrons. The van der Waals surface area contributed by atoms with Gasteiger partial charge >= 0.3 is 11.9 Å². The standard InChI is InChI=1S/C21H24N4O8S/c1-25(2)10-9-22-20(29)14-12-34(32-17(26)7-8-18(27)33-34)21(23-14)24-19(28)13-5-6-15(30-3)16(11-13)31-4/h5-8,11-12H,9-10H2,1-4H3,(H,22,29)(H,23,24,28). The second-order valence-electron chi connectivity index (χ2n) is 7.19. The van der Waals surface area contributed by atoms with Crippen molar-refractivity contribution in [2.24, 2.45) is 4.99 Å². The van der Waals surface area contributed by atoms with E-state index in [-0.39, 0.29) is 16.4 Å². The Bertz CT molecular complexity index is 1090. The van der Waals surface area contributed by atoms with Gasteiger partial charge in [0.25, 0.3) is 11.8 Å². The highest BCUT2D eigenvalue weighted by atomic mass is 32.3. The van der Waals surface area contributed by atoms with Gasteiger partial charge in [-0.15, -0.1) is 0 Å². The van der Waals surface area contributed by atoms with Gasteiger partial charge in [0.1, 0.15) is 5.70 Å². The molecule has 3 rings (SSSR count). The van der Waals surface area contributed by atoms with Crippen molar-refractivity contribution in [3.8, 4) is 11.5 Å². The van der Waals surface area contributed by atoms with Gasteiger partial charge in [0.05, 0.1) is 19.6 Å². The number of hydrogen-bond acceptors (Lipinski definition) is 10. The molecule has 12 nitrogen and oxygen atoms in total. The number of amidine groups is 1. The number of carbonyl (C=O) groups excluding carboxylic acids is 4. The Morgan fingerprint density at radius 2 is 1.68 bits per heavy atom. The Hall–Kier alpha value is -3.84. The van der Waals surface area contributed by atoms with Gasteiger partial charge in [0.2, 0.25) is 5.17 Å². The van der Waals surface area contributed by atoms with Crippen LogP contribution in [0.1, 0.15) is 10.4 Å². The van der Waals surface area contributed by atoms with Crippen LogP contribution in [0.3, 0.4) is 0 Å². The van der Waals surface area contributed by atoms with E-state index in [4.69, 9.17) is 17.8 Å². The number of ether oxygens (including phenoxy) is 2. The third-order valence-corrected chi connectivity index (χ3v) is 6.56. The summed E-state index contributed by atoms with van der Waals surface area (Å²) in [4.78, 5) is 55.8. The van der Waals surface area contributed by atoms with E-state index in [2.05, 4.69) is 15.6 Å². The molecule has 2 aliphatic heterocycles. The van der Waals surface area contributed by atoms with E-state index in [1.165, 1.54) is 32.4 Å². The summed E-state index contributed by atoms with van der Waals surface area (Å²) in [6.45, 7) is 0.882. The van der Waals surface area contributed by atoms with Gasteiger partial charge in [-0.2, -0.15) is 0 Å². The molecule has 0 fully saturated rings. The quantitative estimate of drug-likeness (QED) is 0.559. The second kappa shape index (κ2) is 10.4. The summed E-state index contributed by atoms with van der Waals surface area (Å²) in [5, 5.41) is 6.03. The van der Waals surface area contributed by atoms with E-state index >= 15 is 0 Å². The maximum atomic E-state index is 13.0. The molecule has 2 amide bonds. The van der Waals surface area contributed by atoms with Gasteiger partial charge in [0.15, 0.2) is 11.5 Å². The van der Waals surface area contributed by atoms with E-state index < -0.39 is 34.3 Å². The Kier molecular flexibility index (Phi) is 7.58. The van der Waals surface area contributed by atoms with E-state index in [9.17, 15) is 19.2 Å². The molecule has 0 bridgehead atoms. The fraction of sp³-hybridized carbons (Fsp3) is 0.286. The van der Waals surface area contributed by atoms with E-state index in [1.54, 1.807) is 0 Å².